The van der Waals surface area contributed by atoms with Crippen molar-refractivity contribution in [3.8, 4) is 11.8 Å². The Hall–Kier alpha value is -0.630. The van der Waals surface area contributed by atoms with Crippen molar-refractivity contribution in [1.82, 2.24) is 4.72 Å². The smallest absolute Gasteiger partial charge is 0.0981 e. The second-order valence-corrected chi connectivity index (χ2v) is 9.10. The summed E-state index contributed by atoms with van der Waals surface area (Å²) >= 11 is 3.58. The Labute approximate surface area is 146 Å². The van der Waals surface area contributed by atoms with Crippen LogP contribution in [0.1, 0.15) is 52.5 Å². The average Bonchev–Trinajstić information content (AvgIpc) is 2.45. The van der Waals surface area contributed by atoms with Crippen molar-refractivity contribution < 1.29 is 4.21 Å². The molecule has 4 heteroatoms. The molecule has 1 rings (SSSR count). The van der Waals surface area contributed by atoms with Crippen LogP contribution in [0, 0.1) is 11.8 Å². The monoisotopic (exact) mass is 383 g/mol. The van der Waals surface area contributed by atoms with Gasteiger partial charge in [0.05, 0.1) is 21.8 Å². The van der Waals surface area contributed by atoms with Gasteiger partial charge in [0, 0.05) is 10.9 Å². The Morgan fingerprint density at radius 1 is 1.32 bits per heavy atom. The minimum atomic E-state index is -1.10. The Morgan fingerprint density at radius 3 is 2.59 bits per heavy atom. The molecule has 22 heavy (non-hydrogen) atoms. The second kappa shape index (κ2) is 9.50. The highest BCUT2D eigenvalue weighted by molar-refractivity contribution is 9.10. The van der Waals surface area contributed by atoms with Gasteiger partial charge in [-0.15, -0.1) is 5.92 Å². The van der Waals surface area contributed by atoms with Crippen LogP contribution >= 0.6 is 15.9 Å². The maximum absolute atomic E-state index is 12.3. The van der Waals surface area contributed by atoms with E-state index in [1.54, 1.807) is 0 Å². The molecule has 1 aromatic rings. The van der Waals surface area contributed by atoms with E-state index in [-0.39, 0.29) is 10.8 Å². The summed E-state index contributed by atoms with van der Waals surface area (Å²) in [5.74, 6) is 6.43. The summed E-state index contributed by atoms with van der Waals surface area (Å²) in [6.45, 7) is 8.03. The number of aryl methyl sites for hydroxylation is 1. The summed E-state index contributed by atoms with van der Waals surface area (Å²) in [6.07, 6.45) is 3.68. The zero-order valence-electron chi connectivity index (χ0n) is 13.9. The van der Waals surface area contributed by atoms with E-state index < -0.39 is 11.0 Å². The molecule has 1 N–H and O–H groups in total. The van der Waals surface area contributed by atoms with Gasteiger partial charge in [-0.3, -0.25) is 0 Å². The molecule has 2 atom stereocenters. The minimum absolute atomic E-state index is 0.0429. The molecule has 0 saturated carbocycles. The first-order chi connectivity index (χ1) is 10.3. The number of unbranched alkanes of at least 4 members (excludes halogenated alkanes) is 1. The molecule has 122 valence electrons. The lowest BCUT2D eigenvalue weighted by Crippen LogP contribution is -2.39. The Bertz CT molecular complexity index is 554. The Balaban J connectivity index is 2.72. The predicted octanol–water partition coefficient (Wildman–Crippen LogP) is 4.61. The van der Waals surface area contributed by atoms with Crippen LogP contribution in [0.3, 0.4) is 0 Å². The third kappa shape index (κ3) is 7.09. The maximum Gasteiger partial charge on any atom is 0.0981 e. The summed E-state index contributed by atoms with van der Waals surface area (Å²) in [5.41, 5.74) is 1.26. The third-order valence-corrected chi connectivity index (χ3v) is 5.50. The van der Waals surface area contributed by atoms with Gasteiger partial charge in [-0.05, 0) is 51.7 Å². The van der Waals surface area contributed by atoms with Crippen molar-refractivity contribution in [3.05, 3.63) is 34.3 Å². The highest BCUT2D eigenvalue weighted by Crippen LogP contribution is 2.18. The first kappa shape index (κ1) is 19.4. The van der Waals surface area contributed by atoms with Crippen LogP contribution in [0.5, 0.6) is 0 Å². The van der Waals surface area contributed by atoms with Crippen LogP contribution in [-0.4, -0.2) is 15.0 Å². The predicted molar refractivity (Wildman–Crippen MR) is 100.0 cm³/mol. The van der Waals surface area contributed by atoms with E-state index in [9.17, 15) is 4.21 Å². The Morgan fingerprint density at radius 2 is 2.00 bits per heavy atom. The van der Waals surface area contributed by atoms with Gasteiger partial charge in [-0.1, -0.05) is 47.0 Å². The standard InChI is InChI=1S/C18H26BrNOS/c1-5-6-7-11-16(20-22(21)18(2,3)4)14-13-15-10-8-9-12-17(15)19/h8-10,12,16,20H,5-6,13-14H2,1-4H3/t16-,22+/m0/s1. The molecule has 0 bridgehead atoms. The number of halogens is 1. The fourth-order valence-corrected chi connectivity index (χ4v) is 3.06. The van der Waals surface area contributed by atoms with Gasteiger partial charge < -0.3 is 0 Å². The first-order valence-electron chi connectivity index (χ1n) is 7.74. The summed E-state index contributed by atoms with van der Waals surface area (Å²) in [7, 11) is -1.10. The molecule has 0 aliphatic heterocycles. The topological polar surface area (TPSA) is 29.1 Å². The van der Waals surface area contributed by atoms with Gasteiger partial charge in [-0.2, -0.15) is 0 Å². The van der Waals surface area contributed by atoms with E-state index >= 15 is 0 Å². The largest absolute Gasteiger partial charge is 0.242 e. The molecular formula is C18H26BrNOS. The van der Waals surface area contributed by atoms with Crippen LogP contribution in [-0.2, 0) is 17.4 Å². The van der Waals surface area contributed by atoms with Crippen LogP contribution in [0.2, 0.25) is 0 Å². The van der Waals surface area contributed by atoms with E-state index in [1.165, 1.54) is 5.56 Å². The number of benzene rings is 1. The van der Waals surface area contributed by atoms with Crippen LogP contribution < -0.4 is 4.72 Å². The molecule has 0 aliphatic carbocycles. The van der Waals surface area contributed by atoms with E-state index in [1.807, 2.05) is 39.0 Å². The zero-order valence-corrected chi connectivity index (χ0v) is 16.3. The van der Waals surface area contributed by atoms with Gasteiger partial charge in [-0.25, -0.2) is 8.93 Å². The fourth-order valence-electron chi connectivity index (χ4n) is 1.79. The molecule has 0 aromatic heterocycles. The van der Waals surface area contributed by atoms with Gasteiger partial charge in [0.1, 0.15) is 0 Å². The highest BCUT2D eigenvalue weighted by Gasteiger charge is 2.22. The normalized spacial score (nSPS) is 14.0. The lowest BCUT2D eigenvalue weighted by molar-refractivity contribution is 0.611. The lowest BCUT2D eigenvalue weighted by Gasteiger charge is -2.21. The molecule has 2 nitrogen and oxygen atoms in total. The molecule has 0 amide bonds. The quantitative estimate of drug-likeness (QED) is 0.714. The van der Waals surface area contributed by atoms with Crippen LogP contribution in [0.15, 0.2) is 28.7 Å². The summed E-state index contributed by atoms with van der Waals surface area (Å²) in [6, 6.07) is 8.17. The summed E-state index contributed by atoms with van der Waals surface area (Å²) < 4.78 is 16.3. The zero-order chi connectivity index (χ0) is 16.6. The van der Waals surface area contributed by atoms with Gasteiger partial charge in [0.25, 0.3) is 0 Å². The first-order valence-corrected chi connectivity index (χ1v) is 9.68. The molecule has 1 aromatic carbocycles. The molecule has 0 saturated heterocycles. The van der Waals surface area contributed by atoms with Crippen molar-refractivity contribution in [3.63, 3.8) is 0 Å². The van der Waals surface area contributed by atoms with Gasteiger partial charge >= 0.3 is 0 Å². The van der Waals surface area contributed by atoms with E-state index in [0.29, 0.717) is 0 Å². The summed E-state index contributed by atoms with van der Waals surface area (Å²) in [4.78, 5) is 0. The SMILES string of the molecule is CCCC#C[C@@H](CCc1ccccc1Br)N[S@](=O)C(C)(C)C. The fraction of sp³-hybridized carbons (Fsp3) is 0.556. The molecule has 0 aliphatic rings. The molecule has 0 fully saturated rings. The average molecular weight is 384 g/mol. The Kier molecular flexibility index (Phi) is 8.38. The van der Waals surface area contributed by atoms with Gasteiger partial charge in [0.15, 0.2) is 0 Å². The third-order valence-electron chi connectivity index (χ3n) is 3.12. The van der Waals surface area contributed by atoms with Crippen molar-refractivity contribution in [2.24, 2.45) is 0 Å². The van der Waals surface area contributed by atoms with E-state index in [2.05, 4.69) is 45.5 Å². The molecule has 0 radical (unpaired) electrons. The minimum Gasteiger partial charge on any atom is -0.242 e. The second-order valence-electron chi connectivity index (χ2n) is 6.25. The number of nitrogens with one attached hydrogen (secondary N) is 1. The van der Waals surface area contributed by atoms with E-state index in [0.717, 1.165) is 30.2 Å². The van der Waals surface area contributed by atoms with Crippen molar-refractivity contribution in [2.75, 3.05) is 0 Å². The number of rotatable bonds is 6. The highest BCUT2D eigenvalue weighted by atomic mass is 79.9. The molecule has 0 heterocycles. The van der Waals surface area contributed by atoms with Crippen LogP contribution in [0.4, 0.5) is 0 Å². The van der Waals surface area contributed by atoms with Crippen molar-refractivity contribution in [2.45, 2.75) is 64.2 Å². The number of hydrogen-bond acceptors (Lipinski definition) is 1. The van der Waals surface area contributed by atoms with Crippen molar-refractivity contribution >= 4 is 26.9 Å². The maximum atomic E-state index is 12.3. The van der Waals surface area contributed by atoms with Crippen LogP contribution in [0.25, 0.3) is 0 Å². The van der Waals surface area contributed by atoms with E-state index in [4.69, 9.17) is 0 Å². The molecule has 0 spiro atoms. The number of hydrogen-bond donors (Lipinski definition) is 1. The molecule has 0 unspecified atom stereocenters. The van der Waals surface area contributed by atoms with Gasteiger partial charge in [0.2, 0.25) is 0 Å². The molecular weight excluding hydrogens is 358 g/mol. The van der Waals surface area contributed by atoms with Crippen molar-refractivity contribution in [1.29, 1.82) is 0 Å². The lowest BCUT2D eigenvalue weighted by atomic mass is 10.1. The summed E-state index contributed by atoms with van der Waals surface area (Å²) in [5, 5.41) is 0.